The van der Waals surface area contributed by atoms with Crippen LogP contribution in [0.3, 0.4) is 0 Å². The minimum Gasteiger partial charge on any atom is -0.497 e. The van der Waals surface area contributed by atoms with E-state index in [1.54, 1.807) is 31.4 Å². The Balaban J connectivity index is 2.05. The van der Waals surface area contributed by atoms with Gasteiger partial charge in [0.25, 0.3) is 0 Å². The monoisotopic (exact) mass is 318 g/mol. The zero-order valence-electron chi connectivity index (χ0n) is 14.2. The Bertz CT molecular complexity index is 544. The third kappa shape index (κ3) is 3.84. The van der Waals surface area contributed by atoms with Crippen molar-refractivity contribution in [1.29, 1.82) is 0 Å². The normalized spacial score (nSPS) is 14.9. The van der Waals surface area contributed by atoms with E-state index in [1.807, 2.05) is 18.7 Å². The number of hydrogen-bond donors (Lipinski definition) is 1. The second kappa shape index (κ2) is 7.49. The van der Waals surface area contributed by atoms with Gasteiger partial charge in [-0.15, -0.1) is 0 Å². The van der Waals surface area contributed by atoms with Gasteiger partial charge in [0.1, 0.15) is 11.2 Å². The Hall–Kier alpha value is -2.04. The largest absolute Gasteiger partial charge is 0.497 e. The molecule has 1 fully saturated rings. The fourth-order valence-corrected chi connectivity index (χ4v) is 2.75. The number of carbonyl (C=O) groups is 2. The first-order valence-corrected chi connectivity index (χ1v) is 8.32. The van der Waals surface area contributed by atoms with E-state index in [-0.39, 0.29) is 11.8 Å². The summed E-state index contributed by atoms with van der Waals surface area (Å²) in [5.41, 5.74) is -0.169. The smallest absolute Gasteiger partial charge is 0.240 e. The highest BCUT2D eigenvalue weighted by Crippen LogP contribution is 2.48. The van der Waals surface area contributed by atoms with Crippen molar-refractivity contribution in [2.75, 3.05) is 25.5 Å². The van der Waals surface area contributed by atoms with Crippen molar-refractivity contribution in [1.82, 2.24) is 4.90 Å². The number of nitrogens with zero attached hydrogens (tertiary/aromatic N) is 1. The van der Waals surface area contributed by atoms with Crippen molar-refractivity contribution in [3.05, 3.63) is 24.3 Å². The molecule has 5 nitrogen and oxygen atoms in total. The number of rotatable bonds is 8. The first kappa shape index (κ1) is 17.3. The van der Waals surface area contributed by atoms with Crippen LogP contribution in [0.25, 0.3) is 0 Å². The summed E-state index contributed by atoms with van der Waals surface area (Å²) in [6.07, 6.45) is 3.08. The summed E-state index contributed by atoms with van der Waals surface area (Å²) < 4.78 is 5.10. The fraction of sp³-hybridized carbons (Fsp3) is 0.556. The molecule has 1 saturated carbocycles. The molecule has 0 spiro atoms. The third-order valence-electron chi connectivity index (χ3n) is 4.22. The van der Waals surface area contributed by atoms with Crippen molar-refractivity contribution in [2.24, 2.45) is 5.41 Å². The molecule has 126 valence electrons. The quantitative estimate of drug-likeness (QED) is 0.749. The van der Waals surface area contributed by atoms with Gasteiger partial charge in [0.05, 0.1) is 7.11 Å². The van der Waals surface area contributed by atoms with Crippen LogP contribution in [0.1, 0.15) is 39.5 Å². The highest BCUT2D eigenvalue weighted by atomic mass is 16.5. The van der Waals surface area contributed by atoms with Crippen LogP contribution in [0.4, 0.5) is 5.69 Å². The lowest BCUT2D eigenvalue weighted by Gasteiger charge is -2.26. The summed E-state index contributed by atoms with van der Waals surface area (Å²) >= 11 is 0. The zero-order valence-corrected chi connectivity index (χ0v) is 14.2. The second-order valence-corrected chi connectivity index (χ2v) is 6.06. The molecule has 1 aromatic rings. The number of nitrogens with one attached hydrogen (secondary N) is 1. The molecule has 0 aliphatic heterocycles. The first-order valence-electron chi connectivity index (χ1n) is 8.32. The zero-order chi connectivity index (χ0) is 16.9. The molecule has 1 aliphatic rings. The molecule has 5 heteroatoms. The van der Waals surface area contributed by atoms with Gasteiger partial charge in [-0.1, -0.05) is 13.8 Å². The van der Waals surface area contributed by atoms with Gasteiger partial charge in [0.2, 0.25) is 11.8 Å². The molecular weight excluding hydrogens is 292 g/mol. The van der Waals surface area contributed by atoms with Gasteiger partial charge in [-0.2, -0.15) is 0 Å². The second-order valence-electron chi connectivity index (χ2n) is 6.06. The average Bonchev–Trinajstić information content (AvgIpc) is 3.36. The summed E-state index contributed by atoms with van der Waals surface area (Å²) in [4.78, 5) is 27.2. The van der Waals surface area contributed by atoms with Crippen molar-refractivity contribution in [2.45, 2.75) is 39.5 Å². The molecule has 2 amide bonds. The molecule has 0 radical (unpaired) electrons. The van der Waals surface area contributed by atoms with Gasteiger partial charge in [0.15, 0.2) is 0 Å². The van der Waals surface area contributed by atoms with Crippen LogP contribution in [0.5, 0.6) is 5.75 Å². The lowest BCUT2D eigenvalue weighted by Crippen LogP contribution is -2.43. The van der Waals surface area contributed by atoms with E-state index in [2.05, 4.69) is 5.32 Å². The van der Waals surface area contributed by atoms with Gasteiger partial charge < -0.3 is 15.0 Å². The minimum atomic E-state index is -0.857. The number of ether oxygens (including phenoxy) is 1. The van der Waals surface area contributed by atoms with Gasteiger partial charge in [-0.05, 0) is 49.9 Å². The Morgan fingerprint density at radius 3 is 2.13 bits per heavy atom. The molecule has 1 N–H and O–H groups in total. The predicted octanol–water partition coefficient (Wildman–Crippen LogP) is 3.06. The Morgan fingerprint density at radius 2 is 1.70 bits per heavy atom. The number of anilines is 1. The van der Waals surface area contributed by atoms with Crippen molar-refractivity contribution >= 4 is 17.5 Å². The third-order valence-corrected chi connectivity index (χ3v) is 4.22. The van der Waals surface area contributed by atoms with Crippen LogP contribution in [-0.2, 0) is 9.59 Å². The van der Waals surface area contributed by atoms with Crippen LogP contribution in [0, 0.1) is 5.41 Å². The summed E-state index contributed by atoms with van der Waals surface area (Å²) in [7, 11) is 1.60. The Morgan fingerprint density at radius 1 is 1.13 bits per heavy atom. The molecule has 0 saturated heterocycles. The molecule has 0 unspecified atom stereocenters. The van der Waals surface area contributed by atoms with Crippen LogP contribution in [0.2, 0.25) is 0 Å². The SMILES string of the molecule is CCCN(CCC)C(=O)C1(C(=O)Nc2ccc(OC)cc2)CC1. The van der Waals surface area contributed by atoms with Gasteiger partial charge in [0, 0.05) is 18.8 Å². The van der Waals surface area contributed by atoms with E-state index in [0.717, 1.165) is 18.6 Å². The van der Waals surface area contributed by atoms with Gasteiger partial charge in [-0.3, -0.25) is 9.59 Å². The lowest BCUT2D eigenvalue weighted by molar-refractivity contribution is -0.142. The summed E-state index contributed by atoms with van der Waals surface area (Å²) in [5, 5.41) is 2.87. The maximum atomic E-state index is 12.8. The average molecular weight is 318 g/mol. The van der Waals surface area contributed by atoms with Crippen LogP contribution in [-0.4, -0.2) is 36.9 Å². The van der Waals surface area contributed by atoms with Gasteiger partial charge >= 0.3 is 0 Å². The van der Waals surface area contributed by atoms with Crippen molar-refractivity contribution in [3.8, 4) is 5.75 Å². The molecular formula is C18H26N2O3. The maximum absolute atomic E-state index is 12.8. The summed E-state index contributed by atoms with van der Waals surface area (Å²) in [5.74, 6) is 0.523. The lowest BCUT2D eigenvalue weighted by atomic mass is 10.0. The highest BCUT2D eigenvalue weighted by molar-refractivity contribution is 6.13. The molecule has 1 aliphatic carbocycles. The minimum absolute atomic E-state index is 0.0211. The number of amides is 2. The number of carbonyl (C=O) groups excluding carboxylic acids is 2. The van der Waals surface area contributed by atoms with Crippen LogP contribution in [0.15, 0.2) is 24.3 Å². The summed E-state index contributed by atoms with van der Waals surface area (Å²) in [6.45, 7) is 5.52. The topological polar surface area (TPSA) is 58.6 Å². The Labute approximate surface area is 138 Å². The van der Waals surface area contributed by atoms with Crippen LogP contribution >= 0.6 is 0 Å². The predicted molar refractivity (Wildman–Crippen MR) is 90.5 cm³/mol. The van der Waals surface area contributed by atoms with E-state index in [9.17, 15) is 9.59 Å². The van der Waals surface area contributed by atoms with E-state index in [1.165, 1.54) is 0 Å². The van der Waals surface area contributed by atoms with Crippen molar-refractivity contribution in [3.63, 3.8) is 0 Å². The molecule has 2 rings (SSSR count). The first-order chi connectivity index (χ1) is 11.1. The molecule has 0 heterocycles. The number of benzene rings is 1. The standard InChI is InChI=1S/C18H26N2O3/c1-4-12-20(13-5-2)17(22)18(10-11-18)16(21)19-14-6-8-15(23-3)9-7-14/h6-9H,4-5,10-13H2,1-3H3,(H,19,21). The van der Waals surface area contributed by atoms with Gasteiger partial charge in [-0.25, -0.2) is 0 Å². The van der Waals surface area contributed by atoms with E-state index >= 15 is 0 Å². The van der Waals surface area contributed by atoms with E-state index in [4.69, 9.17) is 4.74 Å². The molecule has 23 heavy (non-hydrogen) atoms. The van der Waals surface area contributed by atoms with E-state index < -0.39 is 5.41 Å². The van der Waals surface area contributed by atoms with Crippen molar-refractivity contribution < 1.29 is 14.3 Å². The highest BCUT2D eigenvalue weighted by Gasteiger charge is 2.57. The van der Waals surface area contributed by atoms with E-state index in [0.29, 0.717) is 31.6 Å². The maximum Gasteiger partial charge on any atom is 0.240 e. The molecule has 0 bridgehead atoms. The van der Waals surface area contributed by atoms with Crippen LogP contribution < -0.4 is 10.1 Å². The number of methoxy groups -OCH3 is 1. The summed E-state index contributed by atoms with van der Waals surface area (Å²) in [6, 6.07) is 7.15. The fourth-order valence-electron chi connectivity index (χ4n) is 2.75. The molecule has 0 atom stereocenters. The molecule has 0 aromatic heterocycles. The Kier molecular flexibility index (Phi) is 5.64. The molecule has 1 aromatic carbocycles. The number of hydrogen-bond acceptors (Lipinski definition) is 3.